The molecule has 0 fully saturated rings. The Morgan fingerprint density at radius 1 is 1.45 bits per heavy atom. The van der Waals surface area contributed by atoms with E-state index in [2.05, 4.69) is 6.08 Å². The van der Waals surface area contributed by atoms with E-state index in [1.165, 1.54) is 12.2 Å². The number of hydrogen-bond acceptors (Lipinski definition) is 2. The molecule has 0 aromatic carbocycles. The Hall–Kier alpha value is -0.511. The summed E-state index contributed by atoms with van der Waals surface area (Å²) in [6, 6.07) is 2.02. The van der Waals surface area contributed by atoms with Gasteiger partial charge < -0.3 is 0 Å². The van der Waals surface area contributed by atoms with Crippen LogP contribution < -0.4 is 5.22 Å². The van der Waals surface area contributed by atoms with Crippen molar-refractivity contribution in [2.75, 3.05) is 6.61 Å². The Morgan fingerprint density at radius 3 is 3.45 bits per heavy atom. The van der Waals surface area contributed by atoms with Gasteiger partial charge in [0.2, 0.25) is 0 Å². The fourth-order valence-corrected chi connectivity index (χ4v) is 5.49. The van der Waals surface area contributed by atoms with Gasteiger partial charge in [0.15, 0.2) is 0 Å². The van der Waals surface area contributed by atoms with E-state index in [9.17, 15) is 0 Å². The first kappa shape index (κ1) is 6.05. The third kappa shape index (κ3) is 0.704. The molecule has 2 aliphatic heterocycles. The van der Waals surface area contributed by atoms with Crippen LogP contribution in [-0.2, 0) is 4.74 Å². The maximum absolute atomic E-state index is 5.47. The van der Waals surface area contributed by atoms with Crippen LogP contribution in [0.3, 0.4) is 0 Å². The van der Waals surface area contributed by atoms with Crippen molar-refractivity contribution in [3.63, 3.8) is 0 Å². The standard InChI is InChI=1S/C8H5O2.Sn.H/c1-2-8(10-4-1)7-3-5-9-6-7;;/h1,3,5H,4H2;;. The first-order valence-electron chi connectivity index (χ1n) is 3.58. The minimum absolute atomic E-state index is 0.753. The van der Waals surface area contributed by atoms with Gasteiger partial charge in [0.05, 0.1) is 0 Å². The molecule has 54 valence electrons. The Labute approximate surface area is 72.9 Å². The summed E-state index contributed by atoms with van der Waals surface area (Å²) >= 11 is -0.753. The second-order valence-electron chi connectivity index (χ2n) is 2.64. The summed E-state index contributed by atoms with van der Waals surface area (Å²) in [5, 5.41) is 1.23. The molecule has 0 aliphatic carbocycles. The van der Waals surface area contributed by atoms with E-state index in [0.29, 0.717) is 0 Å². The third-order valence-corrected chi connectivity index (χ3v) is 6.35. The summed E-state index contributed by atoms with van der Waals surface area (Å²) in [4.78, 5) is 0. The zero-order valence-corrected chi connectivity index (χ0v) is 9.13. The van der Waals surface area contributed by atoms with Crippen molar-refractivity contribution in [1.82, 2.24) is 0 Å². The monoisotopic (exact) mass is 254 g/mol. The Kier molecular flexibility index (Phi) is 1.10. The van der Waals surface area contributed by atoms with Gasteiger partial charge in [-0.05, 0) is 0 Å². The summed E-state index contributed by atoms with van der Waals surface area (Å²) < 4.78 is 13.5. The molecule has 2 aliphatic rings. The predicted molar refractivity (Wildman–Crippen MR) is 41.8 cm³/mol. The summed E-state index contributed by atoms with van der Waals surface area (Å²) in [6.07, 6.45) is 3.97. The molecule has 3 heteroatoms. The first-order chi connectivity index (χ1) is 5.45. The molecule has 1 aromatic heterocycles. The minimum atomic E-state index is -0.753. The van der Waals surface area contributed by atoms with Crippen molar-refractivity contribution in [1.29, 1.82) is 0 Å². The van der Waals surface area contributed by atoms with Gasteiger partial charge >= 0.3 is 72.8 Å². The number of furan rings is 1. The molecule has 0 saturated carbocycles. The van der Waals surface area contributed by atoms with Gasteiger partial charge in [-0.15, -0.1) is 0 Å². The molecule has 0 spiro atoms. The molecule has 2 nitrogen and oxygen atoms in total. The van der Waals surface area contributed by atoms with Crippen molar-refractivity contribution in [2.45, 2.75) is 0 Å². The summed E-state index contributed by atoms with van der Waals surface area (Å²) in [5.41, 5.74) is 0. The van der Waals surface area contributed by atoms with Gasteiger partial charge in [-0.3, -0.25) is 0 Å². The molecule has 11 heavy (non-hydrogen) atoms. The van der Waals surface area contributed by atoms with Crippen LogP contribution in [0.15, 0.2) is 26.4 Å². The van der Waals surface area contributed by atoms with Crippen molar-refractivity contribution in [3.8, 4) is 0 Å². The molecule has 0 radical (unpaired) electrons. The van der Waals surface area contributed by atoms with E-state index >= 15 is 0 Å². The molecule has 3 heterocycles. The summed E-state index contributed by atoms with van der Waals surface area (Å²) in [6.45, 7) is 0.779. The van der Waals surface area contributed by atoms with Crippen LogP contribution in [0.4, 0.5) is 0 Å². The normalized spacial score (nSPS) is 18.5. The Bertz CT molecular complexity index is 453. The van der Waals surface area contributed by atoms with Gasteiger partial charge in [0.1, 0.15) is 0 Å². The molecule has 1 aromatic rings. The van der Waals surface area contributed by atoms with Gasteiger partial charge in [-0.2, -0.15) is 0 Å². The third-order valence-electron chi connectivity index (χ3n) is 2.02. The van der Waals surface area contributed by atoms with Crippen molar-refractivity contribution >= 4 is 26.4 Å². The number of hydrogen-bond donors (Lipinski definition) is 0. The van der Waals surface area contributed by atoms with Crippen LogP contribution in [0.5, 0.6) is 0 Å². The fourth-order valence-electron chi connectivity index (χ4n) is 1.51. The van der Waals surface area contributed by atoms with E-state index < -0.39 is 20.7 Å². The summed E-state index contributed by atoms with van der Waals surface area (Å²) in [5.74, 6) is 1.12. The molecule has 0 N–H and O–H groups in total. The van der Waals surface area contributed by atoms with Crippen LogP contribution in [0.25, 0.3) is 5.76 Å². The molecule has 0 bridgehead atoms. The van der Waals surface area contributed by atoms with Gasteiger partial charge in [0.25, 0.3) is 0 Å². The number of rotatable bonds is 0. The molecule has 3 rings (SSSR count). The fraction of sp³-hybridized carbons (Fsp3) is 0.125. The molecule has 0 saturated heterocycles. The molecule has 0 atom stereocenters. The topological polar surface area (TPSA) is 22.4 Å². The predicted octanol–water partition coefficient (Wildman–Crippen LogP) is 0.00289. The van der Waals surface area contributed by atoms with Crippen molar-refractivity contribution in [3.05, 3.63) is 30.6 Å². The molecular weight excluding hydrogens is 247 g/mol. The van der Waals surface area contributed by atoms with Crippen molar-refractivity contribution in [2.24, 2.45) is 0 Å². The van der Waals surface area contributed by atoms with E-state index in [1.54, 1.807) is 6.26 Å². The quantitative estimate of drug-likeness (QED) is 0.607. The van der Waals surface area contributed by atoms with Crippen LogP contribution in [0, 0.1) is 3.36 Å². The number of ether oxygens (including phenoxy) is 1. The zero-order chi connectivity index (χ0) is 7.26. The van der Waals surface area contributed by atoms with Gasteiger partial charge in [-0.1, -0.05) is 0 Å². The van der Waals surface area contributed by atoms with Crippen LogP contribution in [-0.4, -0.2) is 27.3 Å². The van der Waals surface area contributed by atoms with E-state index in [4.69, 9.17) is 9.15 Å². The second-order valence-corrected chi connectivity index (χ2v) is 6.74. The average molecular weight is 253 g/mol. The van der Waals surface area contributed by atoms with Gasteiger partial charge in [-0.25, -0.2) is 0 Å². The van der Waals surface area contributed by atoms with Crippen LogP contribution in [0.1, 0.15) is 0 Å². The average Bonchev–Trinajstić information content (AvgIpc) is 2.52. The van der Waals surface area contributed by atoms with Crippen molar-refractivity contribution < 1.29 is 9.15 Å². The van der Waals surface area contributed by atoms with E-state index in [1.807, 2.05) is 6.07 Å². The first-order valence-corrected chi connectivity index (χ1v) is 6.87. The van der Waals surface area contributed by atoms with Gasteiger partial charge in [0, 0.05) is 0 Å². The SMILES string of the molecule is C1=[C]2[SnH]=[c]3occc3=C2OC1. The Balaban J connectivity index is 2.55. The molecule has 0 amide bonds. The van der Waals surface area contributed by atoms with E-state index in [-0.39, 0.29) is 0 Å². The maximum atomic E-state index is 5.47. The summed E-state index contributed by atoms with van der Waals surface area (Å²) in [7, 11) is 0. The Morgan fingerprint density at radius 2 is 2.45 bits per heavy atom. The second kappa shape index (κ2) is 2.00. The zero-order valence-electron chi connectivity index (χ0n) is 5.83. The van der Waals surface area contributed by atoms with Crippen LogP contribution >= 0.6 is 0 Å². The molecular formula is C8H6O2Sn. The molecule has 0 unspecified atom stereocenters. The van der Waals surface area contributed by atoms with E-state index in [0.717, 1.165) is 12.4 Å². The number of fused-ring (bicyclic) bond motifs is 2. The van der Waals surface area contributed by atoms with Crippen LogP contribution in [0.2, 0.25) is 0 Å².